The van der Waals surface area contributed by atoms with Crippen LogP contribution in [-0.2, 0) is 6.42 Å². The van der Waals surface area contributed by atoms with Gasteiger partial charge in [0.1, 0.15) is 11.3 Å². The molecule has 0 N–H and O–H groups in total. The van der Waals surface area contributed by atoms with Crippen LogP contribution >= 0.6 is 0 Å². The number of fused-ring (bicyclic) bond motifs is 4. The van der Waals surface area contributed by atoms with Gasteiger partial charge in [0.2, 0.25) is 13.6 Å². The van der Waals surface area contributed by atoms with Crippen LogP contribution in [0, 0.1) is 0 Å². The quantitative estimate of drug-likeness (QED) is 0.644. The maximum Gasteiger partial charge on any atom is 0.231 e. The summed E-state index contributed by atoms with van der Waals surface area (Å²) in [6, 6.07) is 9.10. The Balaban J connectivity index is 1.67. The molecule has 0 amide bonds. The summed E-state index contributed by atoms with van der Waals surface area (Å²) in [5.41, 5.74) is 1.85. The molecule has 2 aliphatic heterocycles. The number of carbonyl (C=O) groups excluding carboxylic acids is 1. The monoisotopic (exact) mass is 377 g/mol. The number of ketones is 1. The molecule has 2 aromatic carbocycles. The first kappa shape index (κ1) is 15.6. The van der Waals surface area contributed by atoms with E-state index in [0.29, 0.717) is 63.8 Å². The van der Waals surface area contributed by atoms with Crippen molar-refractivity contribution < 1.29 is 28.2 Å². The van der Waals surface area contributed by atoms with Crippen molar-refractivity contribution in [2.45, 2.75) is 19.3 Å². The molecule has 7 heteroatoms. The molecular weight excluding hydrogens is 362 g/mol. The number of aryl methyl sites for hydroxylation is 1. The number of carbonyl (C=O) groups is 1. The van der Waals surface area contributed by atoms with E-state index in [1.54, 1.807) is 6.07 Å². The highest BCUT2D eigenvalue weighted by Crippen LogP contribution is 2.38. The third kappa shape index (κ3) is 2.29. The summed E-state index contributed by atoms with van der Waals surface area (Å²) in [5, 5.41) is 1.31. The van der Waals surface area contributed by atoms with E-state index < -0.39 is 0 Å². The molecule has 0 radical (unpaired) electrons. The minimum atomic E-state index is 0.0454. The Morgan fingerprint density at radius 3 is 2.43 bits per heavy atom. The first-order valence-corrected chi connectivity index (χ1v) is 9.13. The average molecular weight is 377 g/mol. The average Bonchev–Trinajstić information content (AvgIpc) is 3.34. The van der Waals surface area contributed by atoms with E-state index in [1.165, 1.54) is 0 Å². The highest BCUT2D eigenvalue weighted by Gasteiger charge is 2.26. The zero-order chi connectivity index (χ0) is 18.7. The van der Waals surface area contributed by atoms with Crippen LogP contribution in [0.5, 0.6) is 23.0 Å². The lowest BCUT2D eigenvalue weighted by atomic mass is 9.94. The molecule has 0 fully saturated rings. The molecule has 0 spiro atoms. The predicted molar refractivity (Wildman–Crippen MR) is 97.4 cm³/mol. The van der Waals surface area contributed by atoms with Gasteiger partial charge >= 0.3 is 0 Å². The fraction of sp³-hybridized carbons (Fsp3) is 0.238. The molecule has 1 aromatic heterocycles. The van der Waals surface area contributed by atoms with E-state index in [2.05, 4.69) is 0 Å². The Labute approximate surface area is 159 Å². The van der Waals surface area contributed by atoms with E-state index in [4.69, 9.17) is 28.4 Å². The molecule has 3 aliphatic rings. The normalized spacial score (nSPS) is 17.3. The van der Waals surface area contributed by atoms with E-state index in [0.717, 1.165) is 11.8 Å². The number of rotatable bonds is 1. The molecule has 6 rings (SSSR count). The lowest BCUT2D eigenvalue weighted by molar-refractivity contribution is 0.0966. The number of ether oxygens (including phenoxy) is 4. The number of Topliss-reactive ketones (excluding diaryl/α,β-unsaturated/α-hetero) is 1. The van der Waals surface area contributed by atoms with Gasteiger partial charge in [0.05, 0.1) is 16.6 Å². The number of nitrogens with zero attached hydrogens (tertiary/aromatic N) is 1. The largest absolute Gasteiger partial charge is 0.460 e. The zero-order valence-corrected chi connectivity index (χ0v) is 14.8. The minimum absolute atomic E-state index is 0.0454. The van der Waals surface area contributed by atoms with Crippen molar-refractivity contribution >= 4 is 22.4 Å². The Morgan fingerprint density at radius 1 is 0.821 bits per heavy atom. The van der Waals surface area contributed by atoms with Gasteiger partial charge in [-0.3, -0.25) is 4.79 Å². The highest BCUT2D eigenvalue weighted by molar-refractivity contribution is 6.00. The van der Waals surface area contributed by atoms with E-state index in [9.17, 15) is 4.79 Å². The summed E-state index contributed by atoms with van der Waals surface area (Å²) >= 11 is 0. The van der Waals surface area contributed by atoms with Crippen LogP contribution in [0.4, 0.5) is 5.69 Å². The summed E-state index contributed by atoms with van der Waals surface area (Å²) in [5.74, 6) is 3.30. The molecule has 3 aromatic rings. The van der Waals surface area contributed by atoms with Crippen LogP contribution in [0.25, 0.3) is 11.0 Å². The van der Waals surface area contributed by atoms with Gasteiger partial charge in [-0.15, -0.1) is 0 Å². The van der Waals surface area contributed by atoms with Crippen LogP contribution in [0.15, 0.2) is 39.7 Å². The summed E-state index contributed by atoms with van der Waals surface area (Å²) in [6.07, 6.45) is 1.96. The van der Waals surface area contributed by atoms with Crippen LogP contribution in [-0.4, -0.2) is 19.4 Å². The third-order valence-electron chi connectivity index (χ3n) is 5.16. The predicted octanol–water partition coefficient (Wildman–Crippen LogP) is 3.64. The lowest BCUT2D eigenvalue weighted by Crippen LogP contribution is -2.23. The minimum Gasteiger partial charge on any atom is -0.460 e. The van der Waals surface area contributed by atoms with Gasteiger partial charge < -0.3 is 23.4 Å². The fourth-order valence-electron chi connectivity index (χ4n) is 3.84. The molecule has 0 saturated carbocycles. The second kappa shape index (κ2) is 5.76. The second-order valence-electron chi connectivity index (χ2n) is 6.88. The summed E-state index contributed by atoms with van der Waals surface area (Å²) in [6.45, 7) is 0.363. The summed E-state index contributed by atoms with van der Waals surface area (Å²) < 4.78 is 27.9. The smallest absolute Gasteiger partial charge is 0.231 e. The van der Waals surface area contributed by atoms with Crippen molar-refractivity contribution in [3.8, 4) is 23.0 Å². The van der Waals surface area contributed by atoms with E-state index >= 15 is 0 Å². The molecule has 0 bridgehead atoms. The van der Waals surface area contributed by atoms with Crippen molar-refractivity contribution in [2.75, 3.05) is 13.6 Å². The van der Waals surface area contributed by atoms with Crippen molar-refractivity contribution in [3.63, 3.8) is 0 Å². The highest BCUT2D eigenvalue weighted by atomic mass is 16.7. The Morgan fingerprint density at radius 2 is 1.57 bits per heavy atom. The number of hydrogen-bond donors (Lipinski definition) is 0. The van der Waals surface area contributed by atoms with Crippen molar-refractivity contribution in [1.29, 1.82) is 0 Å². The van der Waals surface area contributed by atoms with Crippen molar-refractivity contribution in [3.05, 3.63) is 47.0 Å². The van der Waals surface area contributed by atoms with Crippen LogP contribution in [0.3, 0.4) is 0 Å². The molecule has 0 atom stereocenters. The molecule has 7 nitrogen and oxygen atoms in total. The van der Waals surface area contributed by atoms with Gasteiger partial charge in [-0.25, -0.2) is 4.99 Å². The summed E-state index contributed by atoms with van der Waals surface area (Å²) in [7, 11) is 0. The zero-order valence-electron chi connectivity index (χ0n) is 14.8. The SMILES string of the molecule is O=C1CCCc2oc3cc4c(cc3c(=Nc3ccc5c(c3)OCO5)c21)OCO4. The summed E-state index contributed by atoms with van der Waals surface area (Å²) in [4.78, 5) is 17.6. The lowest BCUT2D eigenvalue weighted by Gasteiger charge is -2.15. The molecule has 0 saturated heterocycles. The van der Waals surface area contributed by atoms with Crippen molar-refractivity contribution in [2.24, 2.45) is 4.99 Å². The maximum atomic E-state index is 12.7. The molecule has 28 heavy (non-hydrogen) atoms. The molecule has 140 valence electrons. The van der Waals surface area contributed by atoms with Crippen LogP contribution < -0.4 is 24.3 Å². The van der Waals surface area contributed by atoms with Gasteiger partial charge in [-0.2, -0.15) is 0 Å². The number of benzene rings is 2. The van der Waals surface area contributed by atoms with E-state index in [1.807, 2.05) is 24.3 Å². The molecule has 0 unspecified atom stereocenters. The van der Waals surface area contributed by atoms with Gasteiger partial charge in [0, 0.05) is 30.4 Å². The second-order valence-corrected chi connectivity index (χ2v) is 6.88. The van der Waals surface area contributed by atoms with Gasteiger partial charge in [0.15, 0.2) is 28.8 Å². The maximum absolute atomic E-state index is 12.7. The van der Waals surface area contributed by atoms with Crippen LogP contribution in [0.2, 0.25) is 0 Å². The van der Waals surface area contributed by atoms with Gasteiger partial charge in [0.25, 0.3) is 0 Å². The Hall–Kier alpha value is -3.48. The standard InChI is InChI=1S/C21H15NO6/c23-13-2-1-3-15-20(13)21(22-11-4-5-14-17(6-11)25-9-24-14)12-7-18-19(27-10-26-18)8-16(12)28-15/h4-8H,1-3,9-10H2. The third-order valence-corrected chi connectivity index (χ3v) is 5.16. The fourth-order valence-corrected chi connectivity index (χ4v) is 3.84. The number of hydrogen-bond acceptors (Lipinski definition) is 7. The van der Waals surface area contributed by atoms with Gasteiger partial charge in [-0.05, 0) is 24.6 Å². The Bertz CT molecular complexity index is 1230. The van der Waals surface area contributed by atoms with Gasteiger partial charge in [-0.1, -0.05) is 0 Å². The first-order chi connectivity index (χ1) is 13.8. The first-order valence-electron chi connectivity index (χ1n) is 9.13. The van der Waals surface area contributed by atoms with Crippen molar-refractivity contribution in [1.82, 2.24) is 0 Å². The molecular formula is C21H15NO6. The van der Waals surface area contributed by atoms with Crippen LogP contribution in [0.1, 0.15) is 29.0 Å². The Kier molecular flexibility index (Phi) is 3.20. The molecule has 3 heterocycles. The van der Waals surface area contributed by atoms with E-state index in [-0.39, 0.29) is 19.4 Å². The molecule has 1 aliphatic carbocycles. The topological polar surface area (TPSA) is 79.5 Å².